The molecule has 0 atom stereocenters. The fourth-order valence-corrected chi connectivity index (χ4v) is 2.91. The van der Waals surface area contributed by atoms with E-state index in [0.29, 0.717) is 17.2 Å². The predicted molar refractivity (Wildman–Crippen MR) is 114 cm³/mol. The maximum atomic E-state index is 5.62. The van der Waals surface area contributed by atoms with Gasteiger partial charge in [-0.1, -0.05) is 19.9 Å². The van der Waals surface area contributed by atoms with Crippen molar-refractivity contribution in [2.24, 2.45) is 0 Å². The first kappa shape index (κ1) is 21.4. The first-order chi connectivity index (χ1) is 13.6. The lowest BCUT2D eigenvalue weighted by Crippen LogP contribution is -1.93. The van der Waals surface area contributed by atoms with Crippen LogP contribution >= 0.6 is 11.5 Å². The minimum atomic E-state index is 0.242. The number of rotatable bonds is 3. The Kier molecular flexibility index (Phi) is 7.95. The van der Waals surface area contributed by atoms with Crippen LogP contribution in [0.5, 0.6) is 23.0 Å². The molecule has 1 aliphatic heterocycles. The lowest BCUT2D eigenvalue weighted by atomic mass is 10.1. The highest BCUT2D eigenvalue weighted by Crippen LogP contribution is 2.43. The van der Waals surface area contributed by atoms with Gasteiger partial charge in [0.05, 0.1) is 19.9 Å². The van der Waals surface area contributed by atoms with Crippen LogP contribution in [-0.4, -0.2) is 25.4 Å². The van der Waals surface area contributed by atoms with E-state index in [1.165, 1.54) is 11.5 Å². The third-order valence-electron chi connectivity index (χ3n) is 3.88. The number of nitrogens with two attached hydrogens (primary N) is 1. The predicted octanol–water partition coefficient (Wildman–Crippen LogP) is 5.16. The second-order valence-corrected chi connectivity index (χ2v) is 6.19. The summed E-state index contributed by atoms with van der Waals surface area (Å²) in [5.41, 5.74) is 9.37. The summed E-state index contributed by atoms with van der Waals surface area (Å²) in [6.07, 6.45) is 0. The van der Waals surface area contributed by atoms with Crippen LogP contribution in [0.1, 0.15) is 19.4 Å². The summed E-state index contributed by atoms with van der Waals surface area (Å²) < 4.78 is 25.2. The zero-order valence-electron chi connectivity index (χ0n) is 16.8. The van der Waals surface area contributed by atoms with Gasteiger partial charge in [-0.05, 0) is 48.3 Å². The Hall–Kier alpha value is -2.93. The summed E-state index contributed by atoms with van der Waals surface area (Å²) in [4.78, 5) is 0. The molecule has 0 radical (unpaired) electrons. The van der Waals surface area contributed by atoms with Gasteiger partial charge in [-0.15, -0.1) is 0 Å². The molecule has 0 saturated heterocycles. The molecule has 150 valence electrons. The minimum absolute atomic E-state index is 0.242. The number of anilines is 1. The second kappa shape index (κ2) is 10.4. The van der Waals surface area contributed by atoms with Gasteiger partial charge in [-0.2, -0.15) is 4.37 Å². The molecule has 0 bridgehead atoms. The van der Waals surface area contributed by atoms with Crippen molar-refractivity contribution in [3.8, 4) is 34.3 Å². The molecule has 4 rings (SSSR count). The third-order valence-corrected chi connectivity index (χ3v) is 4.44. The van der Waals surface area contributed by atoms with Gasteiger partial charge in [0, 0.05) is 22.7 Å². The van der Waals surface area contributed by atoms with Crippen LogP contribution in [0.4, 0.5) is 5.69 Å². The summed E-state index contributed by atoms with van der Waals surface area (Å²) >= 11 is 1.42. The highest BCUT2D eigenvalue weighted by atomic mass is 32.1. The van der Waals surface area contributed by atoms with E-state index in [9.17, 15) is 0 Å². The molecule has 2 aromatic carbocycles. The van der Waals surface area contributed by atoms with Crippen LogP contribution in [-0.2, 0) is 0 Å². The summed E-state index contributed by atoms with van der Waals surface area (Å²) in [6.45, 7) is 6.21. The molecule has 6 nitrogen and oxygen atoms in total. The third kappa shape index (κ3) is 5.07. The van der Waals surface area contributed by atoms with Crippen molar-refractivity contribution in [1.29, 1.82) is 0 Å². The number of hydrogen-bond acceptors (Lipinski definition) is 7. The van der Waals surface area contributed by atoms with E-state index in [1.54, 1.807) is 14.2 Å². The standard InChI is InChI=1S/C11H9NO3S.C8H11NO.C2H6/c1-13-9-4-7(8-2-3-16-12-8)5-10-11(9)15-6-14-10;1-6-3-4-7(10-2)5-8(6)9;1-2/h2-5H,6H2,1H3;3-5H,9H2,1-2H3;1-2H3. The summed E-state index contributed by atoms with van der Waals surface area (Å²) in [5.74, 6) is 2.87. The molecule has 0 unspecified atom stereocenters. The van der Waals surface area contributed by atoms with Gasteiger partial charge in [0.1, 0.15) is 5.75 Å². The number of benzene rings is 2. The molecule has 3 aromatic rings. The SMILES string of the molecule is CC.COc1cc(-c2ccsn2)cc2c1OCO2.COc1ccc(C)c(N)c1. The molecule has 7 heteroatoms. The van der Waals surface area contributed by atoms with E-state index in [1.807, 2.05) is 62.5 Å². The summed E-state index contributed by atoms with van der Waals surface area (Å²) in [6, 6.07) is 11.4. The van der Waals surface area contributed by atoms with Crippen LogP contribution in [0.2, 0.25) is 0 Å². The number of nitrogen functional groups attached to an aromatic ring is 1. The number of methoxy groups -OCH3 is 2. The zero-order chi connectivity index (χ0) is 20.5. The number of fused-ring (bicyclic) bond motifs is 1. The largest absolute Gasteiger partial charge is 0.497 e. The number of ether oxygens (including phenoxy) is 4. The number of aromatic nitrogens is 1. The van der Waals surface area contributed by atoms with E-state index in [2.05, 4.69) is 4.37 Å². The molecule has 0 saturated carbocycles. The molecule has 1 aromatic heterocycles. The topological polar surface area (TPSA) is 75.8 Å². The van der Waals surface area contributed by atoms with E-state index in [4.69, 9.17) is 24.7 Å². The Morgan fingerprint density at radius 3 is 2.43 bits per heavy atom. The van der Waals surface area contributed by atoms with Crippen molar-refractivity contribution < 1.29 is 18.9 Å². The van der Waals surface area contributed by atoms with Gasteiger partial charge in [-0.3, -0.25) is 0 Å². The Morgan fingerprint density at radius 1 is 1.04 bits per heavy atom. The Bertz CT molecular complexity index is 882. The quantitative estimate of drug-likeness (QED) is 0.610. The summed E-state index contributed by atoms with van der Waals surface area (Å²) in [7, 11) is 3.24. The number of nitrogens with zero attached hydrogens (tertiary/aromatic N) is 1. The van der Waals surface area contributed by atoms with Crippen LogP contribution < -0.4 is 24.7 Å². The highest BCUT2D eigenvalue weighted by molar-refractivity contribution is 7.03. The molecule has 0 fully saturated rings. The fourth-order valence-electron chi connectivity index (χ4n) is 2.38. The summed E-state index contributed by atoms with van der Waals surface area (Å²) in [5, 5.41) is 1.94. The number of hydrogen-bond donors (Lipinski definition) is 1. The van der Waals surface area contributed by atoms with Crippen molar-refractivity contribution in [2.45, 2.75) is 20.8 Å². The average Bonchev–Trinajstić information content (AvgIpc) is 3.43. The van der Waals surface area contributed by atoms with Gasteiger partial charge >= 0.3 is 0 Å². The fraction of sp³-hybridized carbons (Fsp3) is 0.286. The first-order valence-corrected chi connectivity index (χ1v) is 9.74. The average molecular weight is 403 g/mol. The lowest BCUT2D eigenvalue weighted by Gasteiger charge is -2.06. The minimum Gasteiger partial charge on any atom is -0.497 e. The Labute approximate surface area is 170 Å². The molecule has 2 N–H and O–H groups in total. The molecule has 0 spiro atoms. The van der Waals surface area contributed by atoms with Crippen LogP contribution in [0.15, 0.2) is 41.8 Å². The van der Waals surface area contributed by atoms with Gasteiger partial charge in [0.2, 0.25) is 12.5 Å². The van der Waals surface area contributed by atoms with E-state index in [-0.39, 0.29) is 6.79 Å². The normalized spacial score (nSPS) is 10.9. The molecule has 0 amide bonds. The monoisotopic (exact) mass is 402 g/mol. The maximum Gasteiger partial charge on any atom is 0.231 e. The van der Waals surface area contributed by atoms with E-state index >= 15 is 0 Å². The molecular formula is C21H26N2O4S. The first-order valence-electron chi connectivity index (χ1n) is 8.91. The smallest absolute Gasteiger partial charge is 0.231 e. The van der Waals surface area contributed by atoms with Crippen molar-refractivity contribution in [1.82, 2.24) is 4.37 Å². The van der Waals surface area contributed by atoms with Crippen LogP contribution in [0.3, 0.4) is 0 Å². The van der Waals surface area contributed by atoms with E-state index in [0.717, 1.165) is 28.3 Å². The van der Waals surface area contributed by atoms with Crippen molar-refractivity contribution >= 4 is 17.2 Å². The zero-order valence-corrected chi connectivity index (χ0v) is 17.6. The van der Waals surface area contributed by atoms with Crippen molar-refractivity contribution in [2.75, 3.05) is 26.7 Å². The highest BCUT2D eigenvalue weighted by Gasteiger charge is 2.20. The van der Waals surface area contributed by atoms with Crippen molar-refractivity contribution in [3.05, 3.63) is 47.3 Å². The molecule has 0 aliphatic carbocycles. The molecular weight excluding hydrogens is 376 g/mol. The van der Waals surface area contributed by atoms with Crippen molar-refractivity contribution in [3.63, 3.8) is 0 Å². The number of aryl methyl sites for hydroxylation is 1. The van der Waals surface area contributed by atoms with Gasteiger partial charge in [0.15, 0.2) is 11.5 Å². The second-order valence-electron chi connectivity index (χ2n) is 5.52. The van der Waals surface area contributed by atoms with Gasteiger partial charge in [0.25, 0.3) is 0 Å². The van der Waals surface area contributed by atoms with Gasteiger partial charge < -0.3 is 24.7 Å². The molecule has 1 aliphatic rings. The van der Waals surface area contributed by atoms with Crippen LogP contribution in [0, 0.1) is 6.92 Å². The lowest BCUT2D eigenvalue weighted by molar-refractivity contribution is 0.171. The molecule has 28 heavy (non-hydrogen) atoms. The Morgan fingerprint density at radius 2 is 1.82 bits per heavy atom. The maximum absolute atomic E-state index is 5.62. The van der Waals surface area contributed by atoms with Crippen LogP contribution in [0.25, 0.3) is 11.3 Å². The molecule has 2 heterocycles. The van der Waals surface area contributed by atoms with Gasteiger partial charge in [-0.25, -0.2) is 0 Å². The van der Waals surface area contributed by atoms with E-state index < -0.39 is 0 Å². The Balaban J connectivity index is 0.000000202.